The van der Waals surface area contributed by atoms with Crippen LogP contribution in [0, 0.1) is 6.92 Å². The fourth-order valence-electron chi connectivity index (χ4n) is 3.70. The SMILES string of the molecule is CCc1c(C(=O)O)c(-c2ccccc2)n(-c2cccc3c2OC(F)(F)O3)c1C. The van der Waals surface area contributed by atoms with Crippen LogP contribution in [0.15, 0.2) is 48.5 Å². The van der Waals surface area contributed by atoms with E-state index in [2.05, 4.69) is 4.74 Å². The van der Waals surface area contributed by atoms with Crippen molar-refractivity contribution in [1.82, 2.24) is 4.57 Å². The van der Waals surface area contributed by atoms with Crippen LogP contribution in [-0.2, 0) is 6.42 Å². The Morgan fingerprint density at radius 1 is 1.11 bits per heavy atom. The molecule has 0 amide bonds. The Hall–Kier alpha value is -3.35. The van der Waals surface area contributed by atoms with Crippen LogP contribution in [-0.4, -0.2) is 21.9 Å². The number of rotatable bonds is 4. The van der Waals surface area contributed by atoms with E-state index < -0.39 is 12.3 Å². The molecule has 4 rings (SSSR count). The second-order valence-corrected chi connectivity index (χ2v) is 6.42. The summed E-state index contributed by atoms with van der Waals surface area (Å²) in [5.41, 5.74) is 2.80. The van der Waals surface area contributed by atoms with Gasteiger partial charge in [-0.05, 0) is 36.6 Å². The highest BCUT2D eigenvalue weighted by Gasteiger charge is 2.45. The molecular formula is C21H17F2NO4. The lowest BCUT2D eigenvalue weighted by atomic mass is 10.0. The highest BCUT2D eigenvalue weighted by atomic mass is 19.3. The Morgan fingerprint density at radius 3 is 2.46 bits per heavy atom. The van der Waals surface area contributed by atoms with Crippen molar-refractivity contribution in [1.29, 1.82) is 0 Å². The molecular weight excluding hydrogens is 368 g/mol. The number of benzene rings is 2. The van der Waals surface area contributed by atoms with Crippen molar-refractivity contribution >= 4 is 5.97 Å². The molecule has 0 aliphatic carbocycles. The van der Waals surface area contributed by atoms with E-state index in [1.165, 1.54) is 6.07 Å². The predicted octanol–water partition coefficient (Wildman–Crippen LogP) is 5.03. The highest BCUT2D eigenvalue weighted by molar-refractivity contribution is 5.98. The standard InChI is InChI=1S/C21H17F2NO4/c1-3-14-12(2)24(15-10-7-11-16-19(15)28-21(22,23)27-16)18(17(14)20(25)26)13-8-5-4-6-9-13/h4-11H,3H2,1-2H3,(H,25,26). The molecule has 1 aliphatic rings. The van der Waals surface area contributed by atoms with Crippen molar-refractivity contribution < 1.29 is 28.2 Å². The zero-order valence-corrected chi connectivity index (χ0v) is 15.2. The van der Waals surface area contributed by atoms with Crippen LogP contribution < -0.4 is 9.47 Å². The number of carboxylic acid groups (broad SMARTS) is 1. The molecule has 1 aromatic heterocycles. The highest BCUT2D eigenvalue weighted by Crippen LogP contribution is 2.47. The second-order valence-electron chi connectivity index (χ2n) is 6.42. The van der Waals surface area contributed by atoms with Gasteiger partial charge in [-0.1, -0.05) is 43.3 Å². The van der Waals surface area contributed by atoms with Gasteiger partial charge in [0.15, 0.2) is 11.5 Å². The van der Waals surface area contributed by atoms with Gasteiger partial charge in [-0.15, -0.1) is 8.78 Å². The number of halogens is 2. The average Bonchev–Trinajstić information content (AvgIpc) is 3.14. The summed E-state index contributed by atoms with van der Waals surface area (Å²) in [5.74, 6) is -1.29. The van der Waals surface area contributed by atoms with Crippen LogP contribution in [0.25, 0.3) is 16.9 Å². The predicted molar refractivity (Wildman–Crippen MR) is 98.5 cm³/mol. The lowest BCUT2D eigenvalue weighted by molar-refractivity contribution is -0.286. The minimum atomic E-state index is -3.77. The van der Waals surface area contributed by atoms with Gasteiger partial charge in [0, 0.05) is 5.69 Å². The fourth-order valence-corrected chi connectivity index (χ4v) is 3.70. The summed E-state index contributed by atoms with van der Waals surface area (Å²) in [6.45, 7) is 3.63. The first-order chi connectivity index (χ1) is 13.3. The first-order valence-corrected chi connectivity index (χ1v) is 8.76. The van der Waals surface area contributed by atoms with Crippen LogP contribution in [0.2, 0.25) is 0 Å². The van der Waals surface area contributed by atoms with E-state index in [0.29, 0.717) is 34.6 Å². The van der Waals surface area contributed by atoms with E-state index in [4.69, 9.17) is 4.74 Å². The fraction of sp³-hybridized carbons (Fsp3) is 0.190. The van der Waals surface area contributed by atoms with Crippen LogP contribution in [0.5, 0.6) is 11.5 Å². The molecule has 28 heavy (non-hydrogen) atoms. The van der Waals surface area contributed by atoms with Gasteiger partial charge in [-0.25, -0.2) is 4.79 Å². The largest absolute Gasteiger partial charge is 0.586 e. The number of carbonyl (C=O) groups is 1. The summed E-state index contributed by atoms with van der Waals surface area (Å²) in [4.78, 5) is 12.1. The van der Waals surface area contributed by atoms with Crippen molar-refractivity contribution in [2.24, 2.45) is 0 Å². The molecule has 1 aliphatic heterocycles. The molecule has 0 radical (unpaired) electrons. The summed E-state index contributed by atoms with van der Waals surface area (Å²) in [6.07, 6.45) is -3.29. The van der Waals surface area contributed by atoms with E-state index in [0.717, 1.165) is 0 Å². The first kappa shape index (κ1) is 18.0. The molecule has 2 heterocycles. The number of para-hydroxylation sites is 1. The minimum Gasteiger partial charge on any atom is -0.478 e. The minimum absolute atomic E-state index is 0.0930. The van der Waals surface area contributed by atoms with Crippen molar-refractivity contribution in [3.05, 3.63) is 65.4 Å². The van der Waals surface area contributed by atoms with Gasteiger partial charge in [-0.3, -0.25) is 0 Å². The third-order valence-corrected chi connectivity index (χ3v) is 4.80. The molecule has 0 atom stereocenters. The topological polar surface area (TPSA) is 60.7 Å². The number of ether oxygens (including phenoxy) is 2. The summed E-state index contributed by atoms with van der Waals surface area (Å²) < 4.78 is 38.3. The zero-order chi connectivity index (χ0) is 20.1. The molecule has 0 saturated heterocycles. The summed E-state index contributed by atoms with van der Waals surface area (Å²) in [6, 6.07) is 13.5. The average molecular weight is 385 g/mol. The second kappa shape index (κ2) is 6.37. The first-order valence-electron chi connectivity index (χ1n) is 8.76. The van der Waals surface area contributed by atoms with Crippen LogP contribution in [0.3, 0.4) is 0 Å². The van der Waals surface area contributed by atoms with Gasteiger partial charge < -0.3 is 19.1 Å². The van der Waals surface area contributed by atoms with Gasteiger partial charge in [0.05, 0.1) is 16.9 Å². The summed E-state index contributed by atoms with van der Waals surface area (Å²) in [5, 5.41) is 9.91. The summed E-state index contributed by atoms with van der Waals surface area (Å²) >= 11 is 0. The molecule has 0 fully saturated rings. The van der Waals surface area contributed by atoms with Crippen molar-refractivity contribution in [2.75, 3.05) is 0 Å². The van der Waals surface area contributed by atoms with Crippen LogP contribution >= 0.6 is 0 Å². The molecule has 144 valence electrons. The molecule has 2 aromatic carbocycles. The van der Waals surface area contributed by atoms with Crippen molar-refractivity contribution in [3.8, 4) is 28.4 Å². The molecule has 0 spiro atoms. The van der Waals surface area contributed by atoms with Gasteiger partial charge in [0.2, 0.25) is 0 Å². The maximum absolute atomic E-state index is 13.7. The zero-order valence-electron chi connectivity index (χ0n) is 15.2. The van der Waals surface area contributed by atoms with Crippen LogP contribution in [0.1, 0.15) is 28.5 Å². The van der Waals surface area contributed by atoms with E-state index in [-0.39, 0.29) is 17.1 Å². The molecule has 7 heteroatoms. The molecule has 0 bridgehead atoms. The maximum atomic E-state index is 13.7. The Morgan fingerprint density at radius 2 is 1.82 bits per heavy atom. The van der Waals surface area contributed by atoms with Crippen molar-refractivity contribution in [3.63, 3.8) is 0 Å². The maximum Gasteiger partial charge on any atom is 0.586 e. The Balaban J connectivity index is 2.08. The summed E-state index contributed by atoms with van der Waals surface area (Å²) in [7, 11) is 0. The number of carboxylic acids is 1. The Bertz CT molecular complexity index is 1070. The lowest BCUT2D eigenvalue weighted by Crippen LogP contribution is -2.26. The van der Waals surface area contributed by atoms with Gasteiger partial charge in [-0.2, -0.15) is 0 Å². The quantitative estimate of drug-likeness (QED) is 0.684. The van der Waals surface area contributed by atoms with E-state index in [9.17, 15) is 18.7 Å². The Kier molecular flexibility index (Phi) is 4.10. The van der Waals surface area contributed by atoms with Crippen molar-refractivity contribution in [2.45, 2.75) is 26.6 Å². The van der Waals surface area contributed by atoms with Gasteiger partial charge in [0.25, 0.3) is 0 Å². The number of hydrogen-bond donors (Lipinski definition) is 1. The number of nitrogens with zero attached hydrogens (tertiary/aromatic N) is 1. The number of hydrogen-bond acceptors (Lipinski definition) is 3. The van der Waals surface area contributed by atoms with Gasteiger partial charge in [0.1, 0.15) is 0 Å². The van der Waals surface area contributed by atoms with E-state index >= 15 is 0 Å². The normalized spacial score (nSPS) is 14.3. The Labute approximate surface area is 159 Å². The number of alkyl halides is 2. The van der Waals surface area contributed by atoms with E-state index in [1.807, 2.05) is 13.0 Å². The lowest BCUT2D eigenvalue weighted by Gasteiger charge is -2.15. The van der Waals surface area contributed by atoms with Gasteiger partial charge >= 0.3 is 12.3 Å². The smallest absolute Gasteiger partial charge is 0.478 e. The van der Waals surface area contributed by atoms with Crippen LogP contribution in [0.4, 0.5) is 8.78 Å². The monoisotopic (exact) mass is 385 g/mol. The molecule has 5 nitrogen and oxygen atoms in total. The number of aromatic carboxylic acids is 1. The molecule has 0 unspecified atom stereocenters. The molecule has 3 aromatic rings. The number of aromatic nitrogens is 1. The molecule has 1 N–H and O–H groups in total. The number of fused-ring (bicyclic) bond motifs is 1. The third-order valence-electron chi connectivity index (χ3n) is 4.80. The third kappa shape index (κ3) is 2.70. The molecule has 0 saturated carbocycles. The van der Waals surface area contributed by atoms with E-state index in [1.54, 1.807) is 47.9 Å².